The second-order valence-electron chi connectivity index (χ2n) is 4.30. The van der Waals surface area contributed by atoms with Gasteiger partial charge in [-0.05, 0) is 34.9 Å². The molecule has 0 atom stereocenters. The fraction of sp³-hybridized carbons (Fsp3) is 0.0667. The topological polar surface area (TPSA) is 74.6 Å². The van der Waals surface area contributed by atoms with Gasteiger partial charge in [-0.2, -0.15) is 0 Å². The molecule has 2 N–H and O–H groups in total. The molecule has 0 amide bonds. The summed E-state index contributed by atoms with van der Waals surface area (Å²) in [6.07, 6.45) is -0.0934. The molecule has 2 aromatic rings. The number of hydrogen-bond acceptors (Lipinski definition) is 2. The molecule has 4 nitrogen and oxygen atoms in total. The highest BCUT2D eigenvalue weighted by atomic mass is 19.1. The standard InChI is InChI=1S/C15H11FO4/c16-13-7-11(6-12(8-13)15(19)20)10-3-1-9(2-4-10)5-14(17)18/h1-4,6-8H,5H2,(H,17,18)(H,19,20). The first kappa shape index (κ1) is 13.7. The van der Waals surface area contributed by atoms with Crippen molar-refractivity contribution in [2.75, 3.05) is 0 Å². The molecule has 0 saturated heterocycles. The Hall–Kier alpha value is -2.69. The van der Waals surface area contributed by atoms with E-state index in [2.05, 4.69) is 0 Å². The summed E-state index contributed by atoms with van der Waals surface area (Å²) in [4.78, 5) is 21.5. The van der Waals surface area contributed by atoms with Crippen molar-refractivity contribution in [2.45, 2.75) is 6.42 Å². The molecular weight excluding hydrogens is 263 g/mol. The van der Waals surface area contributed by atoms with Gasteiger partial charge < -0.3 is 10.2 Å². The van der Waals surface area contributed by atoms with Crippen molar-refractivity contribution >= 4 is 11.9 Å². The van der Waals surface area contributed by atoms with Crippen LogP contribution in [0.15, 0.2) is 42.5 Å². The van der Waals surface area contributed by atoms with E-state index in [-0.39, 0.29) is 12.0 Å². The van der Waals surface area contributed by atoms with Crippen LogP contribution in [0.25, 0.3) is 11.1 Å². The van der Waals surface area contributed by atoms with Crippen LogP contribution in [0, 0.1) is 5.82 Å². The molecule has 0 bridgehead atoms. The van der Waals surface area contributed by atoms with Gasteiger partial charge in [0.1, 0.15) is 5.82 Å². The van der Waals surface area contributed by atoms with Crippen LogP contribution in [0.4, 0.5) is 4.39 Å². The Morgan fingerprint density at radius 1 is 0.950 bits per heavy atom. The van der Waals surface area contributed by atoms with Crippen LogP contribution in [0.2, 0.25) is 0 Å². The van der Waals surface area contributed by atoms with Crippen molar-refractivity contribution in [2.24, 2.45) is 0 Å². The summed E-state index contributed by atoms with van der Waals surface area (Å²) < 4.78 is 13.4. The summed E-state index contributed by atoms with van der Waals surface area (Å²) in [6, 6.07) is 10.1. The van der Waals surface area contributed by atoms with Crippen LogP contribution in [0.5, 0.6) is 0 Å². The van der Waals surface area contributed by atoms with E-state index in [4.69, 9.17) is 10.2 Å². The molecule has 0 spiro atoms. The van der Waals surface area contributed by atoms with Crippen LogP contribution in [0.1, 0.15) is 15.9 Å². The Morgan fingerprint density at radius 3 is 2.15 bits per heavy atom. The molecule has 0 radical (unpaired) electrons. The molecule has 5 heteroatoms. The van der Waals surface area contributed by atoms with E-state index in [1.54, 1.807) is 24.3 Å². The van der Waals surface area contributed by atoms with Gasteiger partial charge in [-0.15, -0.1) is 0 Å². The molecule has 20 heavy (non-hydrogen) atoms. The minimum absolute atomic E-state index is 0.0934. The van der Waals surface area contributed by atoms with E-state index in [1.165, 1.54) is 12.1 Å². The SMILES string of the molecule is O=C(O)Cc1ccc(-c2cc(F)cc(C(=O)O)c2)cc1. The van der Waals surface area contributed by atoms with Gasteiger partial charge in [-0.3, -0.25) is 4.79 Å². The van der Waals surface area contributed by atoms with Crippen molar-refractivity contribution in [1.29, 1.82) is 0 Å². The van der Waals surface area contributed by atoms with Crippen molar-refractivity contribution < 1.29 is 24.2 Å². The highest BCUT2D eigenvalue weighted by Crippen LogP contribution is 2.22. The van der Waals surface area contributed by atoms with Gasteiger partial charge in [0.2, 0.25) is 0 Å². The maximum atomic E-state index is 13.4. The van der Waals surface area contributed by atoms with Crippen molar-refractivity contribution in [1.82, 2.24) is 0 Å². The molecule has 0 aromatic heterocycles. The van der Waals surface area contributed by atoms with E-state index in [9.17, 15) is 14.0 Å². The lowest BCUT2D eigenvalue weighted by Gasteiger charge is -2.05. The first-order chi connectivity index (χ1) is 9.45. The zero-order valence-corrected chi connectivity index (χ0v) is 10.3. The molecule has 0 aliphatic heterocycles. The molecule has 0 aliphatic carbocycles. The lowest BCUT2D eigenvalue weighted by atomic mass is 10.0. The van der Waals surface area contributed by atoms with Crippen LogP contribution in [-0.4, -0.2) is 22.2 Å². The molecule has 0 heterocycles. The number of benzene rings is 2. The van der Waals surface area contributed by atoms with Gasteiger partial charge in [0, 0.05) is 0 Å². The van der Waals surface area contributed by atoms with Crippen molar-refractivity contribution in [3.05, 3.63) is 59.4 Å². The second-order valence-corrected chi connectivity index (χ2v) is 4.30. The fourth-order valence-corrected chi connectivity index (χ4v) is 1.87. The van der Waals surface area contributed by atoms with Crippen LogP contribution < -0.4 is 0 Å². The van der Waals surface area contributed by atoms with E-state index >= 15 is 0 Å². The molecule has 102 valence electrons. The summed E-state index contributed by atoms with van der Waals surface area (Å²) in [6.45, 7) is 0. The van der Waals surface area contributed by atoms with Crippen LogP contribution in [0.3, 0.4) is 0 Å². The maximum absolute atomic E-state index is 13.4. The van der Waals surface area contributed by atoms with E-state index in [0.717, 1.165) is 6.07 Å². The number of carboxylic acid groups (broad SMARTS) is 2. The molecule has 0 unspecified atom stereocenters. The van der Waals surface area contributed by atoms with Crippen molar-refractivity contribution in [3.63, 3.8) is 0 Å². The highest BCUT2D eigenvalue weighted by Gasteiger charge is 2.09. The van der Waals surface area contributed by atoms with E-state index in [1.807, 2.05) is 0 Å². The fourth-order valence-electron chi connectivity index (χ4n) is 1.87. The average molecular weight is 274 g/mol. The zero-order chi connectivity index (χ0) is 14.7. The van der Waals surface area contributed by atoms with Gasteiger partial charge in [-0.1, -0.05) is 24.3 Å². The summed E-state index contributed by atoms with van der Waals surface area (Å²) in [5.74, 6) is -2.76. The molecular formula is C15H11FO4. The Kier molecular flexibility index (Phi) is 3.79. The van der Waals surface area contributed by atoms with Crippen molar-refractivity contribution in [3.8, 4) is 11.1 Å². The first-order valence-corrected chi connectivity index (χ1v) is 5.80. The van der Waals surface area contributed by atoms with Gasteiger partial charge in [0.05, 0.1) is 12.0 Å². The van der Waals surface area contributed by atoms with Gasteiger partial charge in [0.25, 0.3) is 0 Å². The molecule has 2 rings (SSSR count). The third-order valence-electron chi connectivity index (χ3n) is 2.79. The Balaban J connectivity index is 2.36. The summed E-state index contributed by atoms with van der Waals surface area (Å²) in [5, 5.41) is 17.6. The number of carboxylic acids is 2. The predicted molar refractivity (Wildman–Crippen MR) is 70.1 cm³/mol. The Morgan fingerprint density at radius 2 is 1.60 bits per heavy atom. The summed E-state index contributed by atoms with van der Waals surface area (Å²) in [5.41, 5.74) is 1.55. The Bertz CT molecular complexity index is 662. The van der Waals surface area contributed by atoms with Crippen LogP contribution in [-0.2, 0) is 11.2 Å². The molecule has 0 aliphatic rings. The van der Waals surface area contributed by atoms with Gasteiger partial charge in [-0.25, -0.2) is 9.18 Å². The van der Waals surface area contributed by atoms with Crippen LogP contribution >= 0.6 is 0 Å². The third kappa shape index (κ3) is 3.20. The zero-order valence-electron chi connectivity index (χ0n) is 10.3. The Labute approximate surface area is 114 Å². The highest BCUT2D eigenvalue weighted by molar-refractivity contribution is 5.89. The quantitative estimate of drug-likeness (QED) is 0.899. The first-order valence-electron chi connectivity index (χ1n) is 5.80. The lowest BCUT2D eigenvalue weighted by Crippen LogP contribution is -2.00. The monoisotopic (exact) mass is 274 g/mol. The molecule has 2 aromatic carbocycles. The smallest absolute Gasteiger partial charge is 0.335 e. The van der Waals surface area contributed by atoms with E-state index < -0.39 is 17.8 Å². The number of rotatable bonds is 4. The number of hydrogen-bond donors (Lipinski definition) is 2. The average Bonchev–Trinajstić information content (AvgIpc) is 2.38. The largest absolute Gasteiger partial charge is 0.481 e. The molecule has 0 saturated carbocycles. The lowest BCUT2D eigenvalue weighted by molar-refractivity contribution is -0.136. The minimum atomic E-state index is -1.20. The van der Waals surface area contributed by atoms with Gasteiger partial charge >= 0.3 is 11.9 Å². The second kappa shape index (κ2) is 5.52. The third-order valence-corrected chi connectivity index (χ3v) is 2.79. The number of carbonyl (C=O) groups is 2. The maximum Gasteiger partial charge on any atom is 0.335 e. The number of halogens is 1. The normalized spacial score (nSPS) is 10.2. The van der Waals surface area contributed by atoms with Gasteiger partial charge in [0.15, 0.2) is 0 Å². The minimum Gasteiger partial charge on any atom is -0.481 e. The number of aromatic carboxylic acids is 1. The predicted octanol–water partition coefficient (Wildman–Crippen LogP) is 2.82. The summed E-state index contributed by atoms with van der Waals surface area (Å²) in [7, 11) is 0. The number of aliphatic carboxylic acids is 1. The van der Waals surface area contributed by atoms with E-state index in [0.29, 0.717) is 16.7 Å². The molecule has 0 fully saturated rings. The summed E-state index contributed by atoms with van der Waals surface area (Å²) >= 11 is 0.